The minimum Gasteiger partial charge on any atom is -0.355 e. The Balaban J connectivity index is 1.55. The molecule has 4 rings (SSSR count). The Kier molecular flexibility index (Phi) is 1.98. The summed E-state index contributed by atoms with van der Waals surface area (Å²) in [6.07, 6.45) is 2.69. The standard InChI is InChI=1S/C12H13F2N5/c13-12(14)7-11(12)3-5-18(6-4-11)10-2-1-9-16-15-8-19(9)17-10/h1-2,8H,3-7H2. The van der Waals surface area contributed by atoms with E-state index in [0.29, 0.717) is 31.6 Å². The van der Waals surface area contributed by atoms with E-state index in [-0.39, 0.29) is 6.42 Å². The second-order valence-electron chi connectivity index (χ2n) is 5.47. The van der Waals surface area contributed by atoms with Crippen LogP contribution in [0.4, 0.5) is 14.6 Å². The Morgan fingerprint density at radius 3 is 2.58 bits per heavy atom. The molecule has 0 radical (unpaired) electrons. The fourth-order valence-corrected chi connectivity index (χ4v) is 2.97. The third-order valence-corrected chi connectivity index (χ3v) is 4.40. The first-order chi connectivity index (χ1) is 9.10. The van der Waals surface area contributed by atoms with Crippen LogP contribution in [0.5, 0.6) is 0 Å². The Bertz CT molecular complexity index is 630. The molecule has 0 unspecified atom stereocenters. The van der Waals surface area contributed by atoms with Crippen LogP contribution in [0.25, 0.3) is 5.65 Å². The molecule has 19 heavy (non-hydrogen) atoms. The van der Waals surface area contributed by atoms with Crippen LogP contribution < -0.4 is 4.90 Å². The van der Waals surface area contributed by atoms with Crippen LogP contribution >= 0.6 is 0 Å². The second kappa shape index (κ2) is 3.40. The average molecular weight is 265 g/mol. The number of alkyl halides is 2. The quantitative estimate of drug-likeness (QED) is 0.788. The molecule has 1 spiro atoms. The molecule has 2 aromatic heterocycles. The number of nitrogens with zero attached hydrogens (tertiary/aromatic N) is 5. The summed E-state index contributed by atoms with van der Waals surface area (Å²) in [5.41, 5.74) is -0.0320. The van der Waals surface area contributed by atoms with Crippen LogP contribution in [0.15, 0.2) is 18.5 Å². The van der Waals surface area contributed by atoms with Gasteiger partial charge < -0.3 is 4.90 Å². The number of fused-ring (bicyclic) bond motifs is 1. The maximum atomic E-state index is 13.3. The van der Waals surface area contributed by atoms with Gasteiger partial charge >= 0.3 is 0 Å². The monoisotopic (exact) mass is 265 g/mol. The van der Waals surface area contributed by atoms with E-state index in [0.717, 1.165) is 5.82 Å². The lowest BCUT2D eigenvalue weighted by Crippen LogP contribution is -2.37. The molecule has 2 fully saturated rings. The van der Waals surface area contributed by atoms with E-state index >= 15 is 0 Å². The summed E-state index contributed by atoms with van der Waals surface area (Å²) >= 11 is 0. The highest BCUT2D eigenvalue weighted by atomic mass is 19.3. The van der Waals surface area contributed by atoms with Crippen molar-refractivity contribution in [3.05, 3.63) is 18.5 Å². The molecule has 100 valence electrons. The number of hydrogen-bond acceptors (Lipinski definition) is 4. The first-order valence-electron chi connectivity index (χ1n) is 6.40. The SMILES string of the molecule is FC1(F)CC12CCN(c1ccc3nncn3n1)CC2. The van der Waals surface area contributed by atoms with Gasteiger partial charge in [-0.05, 0) is 25.0 Å². The molecular weight excluding hydrogens is 252 g/mol. The molecule has 0 N–H and O–H groups in total. The van der Waals surface area contributed by atoms with Gasteiger partial charge in [0, 0.05) is 24.9 Å². The van der Waals surface area contributed by atoms with Crippen LogP contribution in [0.2, 0.25) is 0 Å². The zero-order chi connectivity index (χ0) is 13.1. The normalized spacial score (nSPS) is 24.0. The third-order valence-electron chi connectivity index (χ3n) is 4.40. The van der Waals surface area contributed by atoms with Crippen LogP contribution in [0.1, 0.15) is 19.3 Å². The minimum atomic E-state index is -2.44. The number of piperidine rings is 1. The fourth-order valence-electron chi connectivity index (χ4n) is 2.97. The molecule has 2 aromatic rings. The molecule has 1 aliphatic carbocycles. The Morgan fingerprint density at radius 1 is 1.16 bits per heavy atom. The summed E-state index contributed by atoms with van der Waals surface area (Å²) in [7, 11) is 0. The lowest BCUT2D eigenvalue weighted by atomic mass is 9.93. The first kappa shape index (κ1) is 11.1. The molecule has 1 saturated heterocycles. The number of rotatable bonds is 1. The van der Waals surface area contributed by atoms with Crippen LogP contribution in [0.3, 0.4) is 0 Å². The Morgan fingerprint density at radius 2 is 1.89 bits per heavy atom. The summed E-state index contributed by atoms with van der Waals surface area (Å²) < 4.78 is 28.2. The van der Waals surface area contributed by atoms with E-state index in [9.17, 15) is 8.78 Å². The number of anilines is 1. The largest absolute Gasteiger partial charge is 0.355 e. The molecule has 5 nitrogen and oxygen atoms in total. The molecule has 0 aromatic carbocycles. The summed E-state index contributed by atoms with van der Waals surface area (Å²) in [5.74, 6) is -1.64. The number of hydrogen-bond donors (Lipinski definition) is 0. The van der Waals surface area contributed by atoms with Gasteiger partial charge in [-0.3, -0.25) is 0 Å². The van der Waals surface area contributed by atoms with Gasteiger partial charge in [-0.1, -0.05) is 0 Å². The van der Waals surface area contributed by atoms with Crippen LogP contribution in [0, 0.1) is 5.41 Å². The predicted octanol–water partition coefficient (Wildman–Crippen LogP) is 1.75. The van der Waals surface area contributed by atoms with E-state index in [4.69, 9.17) is 0 Å². The molecule has 1 aliphatic heterocycles. The van der Waals surface area contributed by atoms with Gasteiger partial charge in [0.1, 0.15) is 12.1 Å². The molecular formula is C12H13F2N5. The topological polar surface area (TPSA) is 46.3 Å². The van der Waals surface area contributed by atoms with Crippen molar-refractivity contribution in [1.29, 1.82) is 0 Å². The fraction of sp³-hybridized carbons (Fsp3) is 0.583. The van der Waals surface area contributed by atoms with Gasteiger partial charge in [-0.2, -0.15) is 4.52 Å². The maximum Gasteiger partial charge on any atom is 0.254 e. The van der Waals surface area contributed by atoms with Crippen molar-refractivity contribution >= 4 is 11.5 Å². The minimum absolute atomic E-state index is 0.0613. The van der Waals surface area contributed by atoms with Gasteiger partial charge in [0.05, 0.1) is 0 Å². The zero-order valence-corrected chi connectivity index (χ0v) is 10.3. The molecule has 0 bridgehead atoms. The summed E-state index contributed by atoms with van der Waals surface area (Å²) in [4.78, 5) is 2.05. The van der Waals surface area contributed by atoms with E-state index < -0.39 is 11.3 Å². The van der Waals surface area contributed by atoms with Crippen molar-refractivity contribution in [2.24, 2.45) is 5.41 Å². The van der Waals surface area contributed by atoms with Crippen molar-refractivity contribution in [1.82, 2.24) is 19.8 Å². The smallest absolute Gasteiger partial charge is 0.254 e. The van der Waals surface area contributed by atoms with Gasteiger partial charge in [0.25, 0.3) is 5.92 Å². The van der Waals surface area contributed by atoms with Crippen molar-refractivity contribution in [3.8, 4) is 0 Å². The molecule has 1 saturated carbocycles. The summed E-state index contributed by atoms with van der Waals surface area (Å²) in [6.45, 7) is 1.27. The summed E-state index contributed by atoms with van der Waals surface area (Å²) in [6, 6.07) is 3.71. The zero-order valence-electron chi connectivity index (χ0n) is 10.3. The van der Waals surface area contributed by atoms with Crippen molar-refractivity contribution in [2.75, 3.05) is 18.0 Å². The Hall–Kier alpha value is -1.79. The number of halogens is 2. The number of aromatic nitrogens is 4. The summed E-state index contributed by atoms with van der Waals surface area (Å²) in [5, 5.41) is 12.1. The van der Waals surface area contributed by atoms with Gasteiger partial charge in [-0.15, -0.1) is 15.3 Å². The van der Waals surface area contributed by atoms with Crippen molar-refractivity contribution < 1.29 is 8.78 Å². The first-order valence-corrected chi connectivity index (χ1v) is 6.40. The van der Waals surface area contributed by atoms with E-state index in [2.05, 4.69) is 20.2 Å². The molecule has 0 atom stereocenters. The molecule has 7 heteroatoms. The average Bonchev–Trinajstić information content (AvgIpc) is 2.78. The van der Waals surface area contributed by atoms with E-state index in [1.807, 2.05) is 12.1 Å². The molecule has 0 amide bonds. The lowest BCUT2D eigenvalue weighted by molar-refractivity contribution is 0.0536. The van der Waals surface area contributed by atoms with Crippen LogP contribution in [-0.2, 0) is 0 Å². The molecule has 3 heterocycles. The van der Waals surface area contributed by atoms with Gasteiger partial charge in [0.15, 0.2) is 5.65 Å². The van der Waals surface area contributed by atoms with Gasteiger partial charge in [0.2, 0.25) is 0 Å². The highest BCUT2D eigenvalue weighted by Crippen LogP contribution is 2.65. The Labute approximate surface area is 108 Å². The van der Waals surface area contributed by atoms with E-state index in [1.165, 1.54) is 0 Å². The highest BCUT2D eigenvalue weighted by molar-refractivity contribution is 5.45. The second-order valence-corrected chi connectivity index (χ2v) is 5.47. The predicted molar refractivity (Wildman–Crippen MR) is 64.2 cm³/mol. The maximum absolute atomic E-state index is 13.3. The van der Waals surface area contributed by atoms with Crippen molar-refractivity contribution in [3.63, 3.8) is 0 Å². The van der Waals surface area contributed by atoms with Gasteiger partial charge in [-0.25, -0.2) is 8.78 Å². The molecule has 2 aliphatic rings. The highest BCUT2D eigenvalue weighted by Gasteiger charge is 2.70. The van der Waals surface area contributed by atoms with Crippen LogP contribution in [-0.4, -0.2) is 38.8 Å². The third kappa shape index (κ3) is 1.53. The van der Waals surface area contributed by atoms with Crippen molar-refractivity contribution in [2.45, 2.75) is 25.2 Å². The van der Waals surface area contributed by atoms with E-state index in [1.54, 1.807) is 10.8 Å². The lowest BCUT2D eigenvalue weighted by Gasteiger charge is -2.32.